The number of rotatable bonds is 5. The molecule has 2 aromatic carbocycles. The van der Waals surface area contributed by atoms with Crippen LogP contribution in [0.1, 0.15) is 41.6 Å². The highest BCUT2D eigenvalue weighted by molar-refractivity contribution is 7.90. The maximum Gasteiger partial charge on any atom is 0.252 e. The van der Waals surface area contributed by atoms with E-state index >= 15 is 0 Å². The van der Waals surface area contributed by atoms with Crippen LogP contribution in [0.25, 0.3) is 0 Å². The van der Waals surface area contributed by atoms with Gasteiger partial charge in [-0.1, -0.05) is 55.3 Å². The number of hydrogen-bond donors (Lipinski definition) is 1. The third kappa shape index (κ3) is 3.76. The van der Waals surface area contributed by atoms with E-state index in [4.69, 9.17) is 0 Å². The summed E-state index contributed by atoms with van der Waals surface area (Å²) in [5.41, 5.74) is 1.40. The van der Waals surface area contributed by atoms with Gasteiger partial charge in [-0.3, -0.25) is 4.79 Å². The molecule has 0 heterocycles. The fourth-order valence-electron chi connectivity index (χ4n) is 3.73. The first-order valence-corrected chi connectivity index (χ1v) is 10.4. The van der Waals surface area contributed by atoms with Crippen LogP contribution in [0.2, 0.25) is 0 Å². The molecular formula is C20H23NO3S. The summed E-state index contributed by atoms with van der Waals surface area (Å²) < 4.78 is 23.8. The van der Waals surface area contributed by atoms with Crippen LogP contribution in [0.4, 0.5) is 0 Å². The first-order chi connectivity index (χ1) is 11.9. The zero-order valence-electron chi connectivity index (χ0n) is 14.4. The number of hydrogen-bond acceptors (Lipinski definition) is 3. The fourth-order valence-corrected chi connectivity index (χ4v) is 4.62. The molecule has 1 fully saturated rings. The Morgan fingerprint density at radius 3 is 2.24 bits per heavy atom. The lowest BCUT2D eigenvalue weighted by Gasteiger charge is -2.30. The second-order valence-electron chi connectivity index (χ2n) is 6.80. The van der Waals surface area contributed by atoms with Gasteiger partial charge in [-0.25, -0.2) is 8.42 Å². The molecule has 2 aromatic rings. The van der Waals surface area contributed by atoms with Crippen LogP contribution < -0.4 is 5.32 Å². The predicted octanol–water partition coefficient (Wildman–Crippen LogP) is 3.33. The standard InChI is InChI=1S/C20H23NO3S/c1-25(23,24)18-12-6-5-11-17(18)19(22)21-15-20(13-7-8-14-20)16-9-3-2-4-10-16/h2-6,9-12H,7-8,13-15H2,1H3,(H,21,22). The SMILES string of the molecule is CS(=O)(=O)c1ccccc1C(=O)NCC1(c2ccccc2)CCCC1. The molecule has 0 atom stereocenters. The number of benzene rings is 2. The van der Waals surface area contributed by atoms with Crippen molar-refractivity contribution in [2.24, 2.45) is 0 Å². The third-order valence-corrected chi connectivity index (χ3v) is 6.22. The van der Waals surface area contributed by atoms with Crippen LogP contribution in [0.15, 0.2) is 59.5 Å². The molecule has 1 amide bonds. The van der Waals surface area contributed by atoms with Crippen molar-refractivity contribution >= 4 is 15.7 Å². The molecule has 4 nitrogen and oxygen atoms in total. The van der Waals surface area contributed by atoms with Crippen molar-refractivity contribution in [1.29, 1.82) is 0 Å². The van der Waals surface area contributed by atoms with E-state index < -0.39 is 9.84 Å². The molecule has 1 saturated carbocycles. The largest absolute Gasteiger partial charge is 0.351 e. The van der Waals surface area contributed by atoms with Crippen molar-refractivity contribution in [2.45, 2.75) is 36.0 Å². The molecule has 0 aromatic heterocycles. The van der Waals surface area contributed by atoms with Gasteiger partial charge in [0, 0.05) is 18.2 Å². The monoisotopic (exact) mass is 357 g/mol. The molecule has 0 spiro atoms. The maximum absolute atomic E-state index is 12.7. The van der Waals surface area contributed by atoms with E-state index in [1.807, 2.05) is 18.2 Å². The zero-order valence-corrected chi connectivity index (χ0v) is 15.2. The van der Waals surface area contributed by atoms with E-state index in [0.29, 0.717) is 6.54 Å². The molecule has 0 aliphatic heterocycles. The van der Waals surface area contributed by atoms with Gasteiger partial charge >= 0.3 is 0 Å². The van der Waals surface area contributed by atoms with Gasteiger partial charge in [-0.15, -0.1) is 0 Å². The van der Waals surface area contributed by atoms with Crippen molar-refractivity contribution in [1.82, 2.24) is 5.32 Å². The summed E-state index contributed by atoms with van der Waals surface area (Å²) in [6.45, 7) is 0.522. The molecule has 3 rings (SSSR count). The quantitative estimate of drug-likeness (QED) is 0.893. The predicted molar refractivity (Wildman–Crippen MR) is 98.5 cm³/mol. The highest BCUT2D eigenvalue weighted by atomic mass is 32.2. The molecule has 0 saturated heterocycles. The third-order valence-electron chi connectivity index (χ3n) is 5.07. The number of carbonyl (C=O) groups excluding carboxylic acids is 1. The summed E-state index contributed by atoms with van der Waals surface area (Å²) in [5, 5.41) is 2.99. The van der Waals surface area contributed by atoms with Crippen molar-refractivity contribution < 1.29 is 13.2 Å². The van der Waals surface area contributed by atoms with Crippen molar-refractivity contribution in [3.8, 4) is 0 Å². The van der Waals surface area contributed by atoms with Gasteiger partial charge in [0.15, 0.2) is 9.84 Å². The molecule has 1 aliphatic carbocycles. The number of carbonyl (C=O) groups is 1. The van der Waals surface area contributed by atoms with Crippen LogP contribution in [-0.2, 0) is 15.3 Å². The van der Waals surface area contributed by atoms with Crippen LogP contribution in [0.3, 0.4) is 0 Å². The highest BCUT2D eigenvalue weighted by Crippen LogP contribution is 2.40. The Balaban J connectivity index is 1.83. The fraction of sp³-hybridized carbons (Fsp3) is 0.350. The Bertz CT molecular complexity index is 854. The van der Waals surface area contributed by atoms with E-state index in [9.17, 15) is 13.2 Å². The molecule has 132 valence electrons. The van der Waals surface area contributed by atoms with Gasteiger partial charge in [0.2, 0.25) is 0 Å². The molecule has 1 aliphatic rings. The molecule has 5 heteroatoms. The Hall–Kier alpha value is -2.14. The van der Waals surface area contributed by atoms with E-state index in [1.165, 1.54) is 11.6 Å². The van der Waals surface area contributed by atoms with E-state index in [-0.39, 0.29) is 21.8 Å². The van der Waals surface area contributed by atoms with Crippen LogP contribution in [0.5, 0.6) is 0 Å². The minimum Gasteiger partial charge on any atom is -0.351 e. The zero-order chi connectivity index (χ0) is 17.9. The minimum absolute atomic E-state index is 0.0586. The summed E-state index contributed by atoms with van der Waals surface area (Å²) in [6, 6.07) is 16.6. The van der Waals surface area contributed by atoms with Gasteiger partial charge in [-0.05, 0) is 30.5 Å². The van der Waals surface area contributed by atoms with E-state index in [2.05, 4.69) is 17.4 Å². The minimum atomic E-state index is -3.44. The Morgan fingerprint density at radius 1 is 1.00 bits per heavy atom. The summed E-state index contributed by atoms with van der Waals surface area (Å²) in [6.07, 6.45) is 5.48. The molecule has 0 bridgehead atoms. The molecule has 1 N–H and O–H groups in total. The Labute approximate surface area is 149 Å². The molecule has 0 unspecified atom stereocenters. The maximum atomic E-state index is 12.7. The summed E-state index contributed by atoms with van der Waals surface area (Å²) in [4.78, 5) is 12.7. The number of sulfone groups is 1. The smallest absolute Gasteiger partial charge is 0.252 e. The lowest BCUT2D eigenvalue weighted by Crippen LogP contribution is -2.39. The first kappa shape index (κ1) is 17.7. The van der Waals surface area contributed by atoms with Gasteiger partial charge in [0.25, 0.3) is 5.91 Å². The Kier molecular flexibility index (Phi) is 4.95. The van der Waals surface area contributed by atoms with Gasteiger partial charge in [0.1, 0.15) is 0 Å². The van der Waals surface area contributed by atoms with Gasteiger partial charge in [-0.2, -0.15) is 0 Å². The average Bonchev–Trinajstić information content (AvgIpc) is 3.10. The summed E-state index contributed by atoms with van der Waals surface area (Å²) in [5.74, 6) is -0.330. The Morgan fingerprint density at radius 2 is 1.60 bits per heavy atom. The normalized spacial score (nSPS) is 16.5. The van der Waals surface area contributed by atoms with E-state index in [1.54, 1.807) is 18.2 Å². The van der Waals surface area contributed by atoms with Gasteiger partial charge < -0.3 is 5.32 Å². The van der Waals surface area contributed by atoms with Crippen LogP contribution >= 0.6 is 0 Å². The molecule has 0 radical (unpaired) electrons. The van der Waals surface area contributed by atoms with Gasteiger partial charge in [0.05, 0.1) is 10.5 Å². The molecular weight excluding hydrogens is 334 g/mol. The van der Waals surface area contributed by atoms with Crippen molar-refractivity contribution in [3.05, 3.63) is 65.7 Å². The van der Waals surface area contributed by atoms with Crippen LogP contribution in [0, 0.1) is 0 Å². The van der Waals surface area contributed by atoms with Crippen LogP contribution in [-0.4, -0.2) is 27.1 Å². The topological polar surface area (TPSA) is 63.2 Å². The second kappa shape index (κ2) is 7.00. The summed E-state index contributed by atoms with van der Waals surface area (Å²) in [7, 11) is -3.44. The van der Waals surface area contributed by atoms with E-state index in [0.717, 1.165) is 31.9 Å². The lowest BCUT2D eigenvalue weighted by molar-refractivity contribution is 0.0940. The molecule has 25 heavy (non-hydrogen) atoms. The van der Waals surface area contributed by atoms with Crippen molar-refractivity contribution in [3.63, 3.8) is 0 Å². The summed E-state index contributed by atoms with van der Waals surface area (Å²) >= 11 is 0. The average molecular weight is 357 g/mol. The second-order valence-corrected chi connectivity index (χ2v) is 8.79. The number of amides is 1. The lowest BCUT2D eigenvalue weighted by atomic mass is 9.79. The van der Waals surface area contributed by atoms with Crippen molar-refractivity contribution in [2.75, 3.05) is 12.8 Å². The highest BCUT2D eigenvalue weighted by Gasteiger charge is 2.36. The first-order valence-electron chi connectivity index (χ1n) is 8.55. The number of nitrogens with one attached hydrogen (secondary N) is 1.